The van der Waals surface area contributed by atoms with E-state index in [1.54, 1.807) is 0 Å². The summed E-state index contributed by atoms with van der Waals surface area (Å²) in [5.41, 5.74) is 0.601. The van der Waals surface area contributed by atoms with Crippen molar-refractivity contribution in [2.45, 2.75) is 46.2 Å². The smallest absolute Gasteiger partial charge is 0.0302 e. The number of halogens is 1. The second-order valence-corrected chi connectivity index (χ2v) is 8.59. The molecule has 3 aliphatic rings. The summed E-state index contributed by atoms with van der Waals surface area (Å²) < 4.78 is 1.21. The number of hydrogen-bond donors (Lipinski definition) is 1. The highest BCUT2D eigenvalue weighted by atomic mass is 79.9. The topological polar surface area (TPSA) is 12.0 Å². The molecule has 0 aliphatic heterocycles. The normalized spacial score (nSPS) is 37.3. The van der Waals surface area contributed by atoms with E-state index in [0.29, 0.717) is 5.41 Å². The summed E-state index contributed by atoms with van der Waals surface area (Å²) in [4.78, 5) is 1.44. The summed E-state index contributed by atoms with van der Waals surface area (Å²) >= 11 is 5.37. The van der Waals surface area contributed by atoms with E-state index >= 15 is 0 Å². The molecule has 0 aromatic carbocycles. The molecule has 100 valence electrons. The summed E-state index contributed by atoms with van der Waals surface area (Å²) in [5, 5.41) is 5.96. The highest BCUT2D eigenvalue weighted by Gasteiger charge is 2.55. The first-order chi connectivity index (χ1) is 8.48. The molecule has 0 saturated heterocycles. The lowest BCUT2D eigenvalue weighted by atomic mass is 9.45. The summed E-state index contributed by atoms with van der Waals surface area (Å²) in [7, 11) is 0. The van der Waals surface area contributed by atoms with Gasteiger partial charge in [-0.05, 0) is 58.0 Å². The molecular formula is C15H22BrNS. The molecule has 1 aromatic rings. The van der Waals surface area contributed by atoms with Crippen LogP contribution in [0.15, 0.2) is 15.9 Å². The van der Waals surface area contributed by atoms with Crippen LogP contribution < -0.4 is 5.32 Å². The third kappa shape index (κ3) is 2.08. The van der Waals surface area contributed by atoms with Gasteiger partial charge in [-0.3, -0.25) is 0 Å². The molecular weight excluding hydrogens is 306 g/mol. The fourth-order valence-electron chi connectivity index (χ4n) is 4.10. The zero-order chi connectivity index (χ0) is 12.9. The van der Waals surface area contributed by atoms with Crippen molar-refractivity contribution in [2.24, 2.45) is 23.2 Å². The molecule has 3 saturated carbocycles. The van der Waals surface area contributed by atoms with Crippen LogP contribution in [0.1, 0.15) is 38.5 Å². The summed E-state index contributed by atoms with van der Waals surface area (Å²) in [6.45, 7) is 8.42. The third-order valence-electron chi connectivity index (χ3n) is 5.51. The van der Waals surface area contributed by atoms with Crippen molar-refractivity contribution in [3.8, 4) is 0 Å². The van der Waals surface area contributed by atoms with E-state index in [1.807, 2.05) is 11.3 Å². The van der Waals surface area contributed by atoms with Crippen molar-refractivity contribution in [3.63, 3.8) is 0 Å². The van der Waals surface area contributed by atoms with Crippen molar-refractivity contribution < 1.29 is 0 Å². The first-order valence-corrected chi connectivity index (χ1v) is 8.62. The van der Waals surface area contributed by atoms with Crippen molar-refractivity contribution >= 4 is 27.3 Å². The van der Waals surface area contributed by atoms with Gasteiger partial charge in [0.15, 0.2) is 0 Å². The maximum absolute atomic E-state index is 3.79. The second kappa shape index (κ2) is 4.60. The molecule has 3 aliphatic carbocycles. The van der Waals surface area contributed by atoms with Gasteiger partial charge in [0.1, 0.15) is 0 Å². The Morgan fingerprint density at radius 2 is 2.22 bits per heavy atom. The van der Waals surface area contributed by atoms with Gasteiger partial charge < -0.3 is 5.32 Å². The van der Waals surface area contributed by atoms with Gasteiger partial charge in [0.2, 0.25) is 0 Å². The molecule has 0 spiro atoms. The molecule has 1 unspecified atom stereocenters. The van der Waals surface area contributed by atoms with E-state index in [2.05, 4.69) is 53.5 Å². The van der Waals surface area contributed by atoms with Crippen LogP contribution in [0.3, 0.4) is 0 Å². The van der Waals surface area contributed by atoms with E-state index in [-0.39, 0.29) is 0 Å². The molecule has 1 N–H and O–H groups in total. The van der Waals surface area contributed by atoms with E-state index < -0.39 is 0 Å². The van der Waals surface area contributed by atoms with Gasteiger partial charge in [-0.15, -0.1) is 11.3 Å². The van der Waals surface area contributed by atoms with Crippen molar-refractivity contribution in [1.29, 1.82) is 0 Å². The van der Waals surface area contributed by atoms with Crippen molar-refractivity contribution in [1.82, 2.24) is 5.32 Å². The van der Waals surface area contributed by atoms with Gasteiger partial charge in [-0.2, -0.15) is 0 Å². The SMILES string of the molecule is C[C@@H]1[C@H]2CC(C[C@H]1NCc1cc(Br)cs1)C2(C)C. The maximum Gasteiger partial charge on any atom is 0.0302 e. The quantitative estimate of drug-likeness (QED) is 0.850. The molecule has 18 heavy (non-hydrogen) atoms. The Labute approximate surface area is 122 Å². The Morgan fingerprint density at radius 3 is 2.78 bits per heavy atom. The highest BCUT2D eigenvalue weighted by molar-refractivity contribution is 9.10. The molecule has 2 bridgehead atoms. The van der Waals surface area contributed by atoms with Crippen LogP contribution in [0.25, 0.3) is 0 Å². The van der Waals surface area contributed by atoms with Crippen molar-refractivity contribution in [2.75, 3.05) is 0 Å². The lowest BCUT2D eigenvalue weighted by Gasteiger charge is -2.62. The lowest BCUT2D eigenvalue weighted by molar-refractivity contribution is -0.115. The minimum absolute atomic E-state index is 0.601. The molecule has 0 radical (unpaired) electrons. The fourth-order valence-corrected chi connectivity index (χ4v) is 5.50. The lowest BCUT2D eigenvalue weighted by Crippen LogP contribution is -2.59. The number of nitrogens with one attached hydrogen (secondary N) is 1. The fraction of sp³-hybridized carbons (Fsp3) is 0.733. The molecule has 4 atom stereocenters. The van der Waals surface area contributed by atoms with E-state index in [0.717, 1.165) is 30.3 Å². The summed E-state index contributed by atoms with van der Waals surface area (Å²) in [6, 6.07) is 2.96. The Balaban J connectivity index is 1.59. The average molecular weight is 328 g/mol. The van der Waals surface area contributed by atoms with Crippen LogP contribution in [0.5, 0.6) is 0 Å². The monoisotopic (exact) mass is 327 g/mol. The van der Waals surface area contributed by atoms with Crippen LogP contribution in [0.4, 0.5) is 0 Å². The van der Waals surface area contributed by atoms with Gasteiger partial charge in [-0.1, -0.05) is 20.8 Å². The molecule has 0 amide bonds. The largest absolute Gasteiger partial charge is 0.309 e. The predicted octanol–water partition coefficient (Wildman–Crippen LogP) is 4.67. The average Bonchev–Trinajstić information content (AvgIpc) is 2.73. The molecule has 1 aromatic heterocycles. The van der Waals surface area contributed by atoms with Crippen LogP contribution >= 0.6 is 27.3 Å². The molecule has 1 nitrogen and oxygen atoms in total. The van der Waals surface area contributed by atoms with Gasteiger partial charge in [0, 0.05) is 27.3 Å². The minimum Gasteiger partial charge on any atom is -0.309 e. The molecule has 4 rings (SSSR count). The number of rotatable bonds is 3. The van der Waals surface area contributed by atoms with Crippen LogP contribution in [-0.2, 0) is 6.54 Å². The number of hydrogen-bond acceptors (Lipinski definition) is 2. The van der Waals surface area contributed by atoms with Gasteiger partial charge in [-0.25, -0.2) is 0 Å². The third-order valence-corrected chi connectivity index (χ3v) is 7.21. The second-order valence-electron chi connectivity index (χ2n) is 6.67. The van der Waals surface area contributed by atoms with E-state index in [9.17, 15) is 0 Å². The first-order valence-electron chi connectivity index (χ1n) is 6.94. The van der Waals surface area contributed by atoms with Gasteiger partial charge >= 0.3 is 0 Å². The Kier molecular flexibility index (Phi) is 3.36. The highest BCUT2D eigenvalue weighted by Crippen LogP contribution is 2.61. The molecule has 1 heterocycles. The Bertz CT molecular complexity index is 439. The van der Waals surface area contributed by atoms with Gasteiger partial charge in [0.25, 0.3) is 0 Å². The maximum atomic E-state index is 3.79. The number of fused-ring (bicyclic) bond motifs is 2. The number of thiophene rings is 1. The molecule has 3 fully saturated rings. The van der Waals surface area contributed by atoms with E-state index in [1.165, 1.54) is 22.2 Å². The minimum atomic E-state index is 0.601. The zero-order valence-corrected chi connectivity index (χ0v) is 13.8. The van der Waals surface area contributed by atoms with Crippen LogP contribution in [0.2, 0.25) is 0 Å². The zero-order valence-electron chi connectivity index (χ0n) is 11.4. The van der Waals surface area contributed by atoms with Crippen LogP contribution in [0, 0.1) is 23.2 Å². The standard InChI is InChI=1S/C15H22BrNS/c1-9-13-4-10(15(13,2)3)5-14(9)17-7-12-6-11(16)8-18-12/h6,8-10,13-14,17H,4-5,7H2,1-3H3/t9-,10?,13-,14-/m1/s1. The predicted molar refractivity (Wildman–Crippen MR) is 81.8 cm³/mol. The van der Waals surface area contributed by atoms with Crippen LogP contribution in [-0.4, -0.2) is 6.04 Å². The van der Waals surface area contributed by atoms with E-state index in [4.69, 9.17) is 0 Å². The van der Waals surface area contributed by atoms with Gasteiger partial charge in [0.05, 0.1) is 0 Å². The summed E-state index contributed by atoms with van der Waals surface area (Å²) in [5.74, 6) is 2.71. The van der Waals surface area contributed by atoms with Crippen molar-refractivity contribution in [3.05, 3.63) is 20.8 Å². The first kappa shape index (κ1) is 13.1. The summed E-state index contributed by atoms with van der Waals surface area (Å²) in [6.07, 6.45) is 2.84. The Morgan fingerprint density at radius 1 is 1.44 bits per heavy atom. The Hall–Kier alpha value is 0.140. The molecule has 3 heteroatoms.